The van der Waals surface area contributed by atoms with Gasteiger partial charge in [0.05, 0.1) is 10.6 Å². The van der Waals surface area contributed by atoms with Gasteiger partial charge in [-0.05, 0) is 72.4 Å². The summed E-state index contributed by atoms with van der Waals surface area (Å²) in [4.78, 5) is 30.4. The average molecular weight is 672 g/mol. The molecule has 0 aromatic heterocycles. The highest BCUT2D eigenvalue weighted by atomic mass is 35.5. The van der Waals surface area contributed by atoms with E-state index in [9.17, 15) is 18.0 Å². The van der Waals surface area contributed by atoms with Crippen molar-refractivity contribution < 1.29 is 18.0 Å². The van der Waals surface area contributed by atoms with Gasteiger partial charge in [-0.25, -0.2) is 8.42 Å². The first-order valence-corrected chi connectivity index (χ1v) is 18.1. The van der Waals surface area contributed by atoms with Crippen LogP contribution in [-0.4, -0.2) is 43.8 Å². The Morgan fingerprint density at radius 2 is 1.45 bits per heavy atom. The molecule has 0 spiro atoms. The number of anilines is 1. The van der Waals surface area contributed by atoms with Crippen molar-refractivity contribution in [1.82, 2.24) is 10.2 Å². The molecular formula is C38H42ClN3O4S. The van der Waals surface area contributed by atoms with E-state index in [4.69, 9.17) is 11.6 Å². The second kappa shape index (κ2) is 16.1. The van der Waals surface area contributed by atoms with Gasteiger partial charge in [-0.2, -0.15) is 0 Å². The van der Waals surface area contributed by atoms with Gasteiger partial charge in [0.2, 0.25) is 11.8 Å². The van der Waals surface area contributed by atoms with Crippen LogP contribution in [0.3, 0.4) is 0 Å². The van der Waals surface area contributed by atoms with Crippen molar-refractivity contribution in [2.24, 2.45) is 0 Å². The van der Waals surface area contributed by atoms with Gasteiger partial charge in [-0.3, -0.25) is 13.9 Å². The molecule has 7 nitrogen and oxygen atoms in total. The topological polar surface area (TPSA) is 86.8 Å². The standard InChI is InChI=1S/C38H42ClN3O4S/c1-2-29-21-23-34(24-22-29)42(47(45,46)35-19-10-5-11-20-35)28-37(43)41(27-31-15-12-16-32(39)25-31)36(26-30-13-6-3-7-14-30)38(44)40-33-17-8-4-9-18-33/h3,5-7,10-16,19-25,33,36H,2,4,8-9,17-18,26-28H2,1H3,(H,40,44). The molecule has 1 aliphatic carbocycles. The quantitative estimate of drug-likeness (QED) is 0.163. The number of halogens is 1. The van der Waals surface area contributed by atoms with Crippen LogP contribution in [0, 0.1) is 0 Å². The van der Waals surface area contributed by atoms with Gasteiger partial charge >= 0.3 is 0 Å². The number of amides is 2. The fourth-order valence-corrected chi connectivity index (χ4v) is 7.72. The molecule has 0 saturated heterocycles. The predicted octanol–water partition coefficient (Wildman–Crippen LogP) is 7.19. The van der Waals surface area contributed by atoms with E-state index in [2.05, 4.69) is 5.32 Å². The Bertz CT molecular complexity index is 1730. The van der Waals surface area contributed by atoms with Crippen LogP contribution in [0.25, 0.3) is 0 Å². The fourth-order valence-electron chi connectivity index (χ4n) is 6.08. The molecule has 1 saturated carbocycles. The lowest BCUT2D eigenvalue weighted by Crippen LogP contribution is -2.55. The predicted molar refractivity (Wildman–Crippen MR) is 188 cm³/mol. The van der Waals surface area contributed by atoms with Crippen molar-refractivity contribution >= 4 is 39.1 Å². The minimum atomic E-state index is -4.15. The SMILES string of the molecule is CCc1ccc(N(CC(=O)N(Cc2cccc(Cl)c2)C(Cc2ccccc2)C(=O)NC2CCCCC2)S(=O)(=O)c2ccccc2)cc1. The minimum Gasteiger partial charge on any atom is -0.352 e. The molecule has 1 atom stereocenters. The molecule has 1 fully saturated rings. The van der Waals surface area contributed by atoms with Gasteiger partial charge in [0.1, 0.15) is 12.6 Å². The number of carbonyl (C=O) groups excluding carboxylic acids is 2. The van der Waals surface area contributed by atoms with Crippen LogP contribution in [-0.2, 0) is 39.0 Å². The average Bonchev–Trinajstić information content (AvgIpc) is 3.10. The highest BCUT2D eigenvalue weighted by Gasteiger charge is 2.35. The maximum Gasteiger partial charge on any atom is 0.264 e. The number of nitrogens with one attached hydrogen (secondary N) is 1. The third-order valence-corrected chi connectivity index (χ3v) is 10.7. The summed E-state index contributed by atoms with van der Waals surface area (Å²) in [5.74, 6) is -0.746. The molecule has 0 bridgehead atoms. The minimum absolute atomic E-state index is 0.0321. The van der Waals surface area contributed by atoms with Gasteiger partial charge in [0.25, 0.3) is 10.0 Å². The van der Waals surface area contributed by atoms with Crippen molar-refractivity contribution in [3.8, 4) is 0 Å². The third kappa shape index (κ3) is 9.02. The normalized spacial score (nSPS) is 14.3. The lowest BCUT2D eigenvalue weighted by Gasteiger charge is -2.35. The van der Waals surface area contributed by atoms with Gasteiger partial charge in [0, 0.05) is 24.0 Å². The molecule has 4 aromatic carbocycles. The first kappa shape index (κ1) is 34.2. The highest BCUT2D eigenvalue weighted by Crippen LogP contribution is 2.26. The first-order chi connectivity index (χ1) is 22.7. The maximum atomic E-state index is 14.7. The molecular weight excluding hydrogens is 630 g/mol. The molecule has 1 N–H and O–H groups in total. The summed E-state index contributed by atoms with van der Waals surface area (Å²) < 4.78 is 29.5. The van der Waals surface area contributed by atoms with Crippen LogP contribution in [0.15, 0.2) is 114 Å². The molecule has 47 heavy (non-hydrogen) atoms. The Morgan fingerprint density at radius 1 is 0.809 bits per heavy atom. The van der Waals surface area contributed by atoms with E-state index in [1.165, 1.54) is 17.0 Å². The van der Waals surface area contributed by atoms with E-state index < -0.39 is 28.5 Å². The van der Waals surface area contributed by atoms with Gasteiger partial charge in [-0.1, -0.05) is 111 Å². The summed E-state index contributed by atoms with van der Waals surface area (Å²) >= 11 is 6.36. The Balaban J connectivity index is 1.56. The maximum absolute atomic E-state index is 14.7. The zero-order valence-corrected chi connectivity index (χ0v) is 28.3. The Kier molecular flexibility index (Phi) is 11.7. The number of hydrogen-bond acceptors (Lipinski definition) is 4. The molecule has 246 valence electrons. The fraction of sp³-hybridized carbons (Fsp3) is 0.316. The van der Waals surface area contributed by atoms with Gasteiger partial charge in [-0.15, -0.1) is 0 Å². The van der Waals surface area contributed by atoms with Crippen molar-refractivity contribution in [1.29, 1.82) is 0 Å². The van der Waals surface area contributed by atoms with Crippen LogP contribution < -0.4 is 9.62 Å². The zero-order chi connectivity index (χ0) is 33.2. The summed E-state index contributed by atoms with van der Waals surface area (Å²) in [5, 5.41) is 3.74. The number of sulfonamides is 1. The van der Waals surface area contributed by atoms with Crippen LogP contribution >= 0.6 is 11.6 Å². The summed E-state index contributed by atoms with van der Waals surface area (Å²) in [6.07, 6.45) is 6.07. The summed E-state index contributed by atoms with van der Waals surface area (Å²) in [6, 6.07) is 31.2. The van der Waals surface area contributed by atoms with Crippen molar-refractivity contribution in [3.63, 3.8) is 0 Å². The van der Waals surface area contributed by atoms with Crippen molar-refractivity contribution in [3.05, 3.63) is 131 Å². The molecule has 2 amide bonds. The summed E-state index contributed by atoms with van der Waals surface area (Å²) in [6.45, 7) is 1.60. The highest BCUT2D eigenvalue weighted by molar-refractivity contribution is 7.92. The Labute approximate surface area is 283 Å². The zero-order valence-electron chi connectivity index (χ0n) is 26.7. The van der Waals surface area contributed by atoms with Gasteiger partial charge in [0.15, 0.2) is 0 Å². The van der Waals surface area contributed by atoms with Crippen LogP contribution in [0.5, 0.6) is 0 Å². The number of nitrogens with zero attached hydrogens (tertiary/aromatic N) is 2. The van der Waals surface area contributed by atoms with Crippen molar-refractivity contribution in [2.75, 3.05) is 10.8 Å². The summed E-state index contributed by atoms with van der Waals surface area (Å²) in [5.41, 5.74) is 3.04. The second-order valence-electron chi connectivity index (χ2n) is 12.0. The van der Waals surface area contributed by atoms with Crippen LogP contribution in [0.4, 0.5) is 5.69 Å². The van der Waals surface area contributed by atoms with Crippen LogP contribution in [0.2, 0.25) is 5.02 Å². The van der Waals surface area contributed by atoms with Gasteiger partial charge < -0.3 is 10.2 Å². The monoisotopic (exact) mass is 671 g/mol. The molecule has 0 radical (unpaired) electrons. The van der Waals surface area contributed by atoms with E-state index in [1.54, 1.807) is 48.5 Å². The molecule has 9 heteroatoms. The molecule has 1 aliphatic rings. The smallest absolute Gasteiger partial charge is 0.264 e. The third-order valence-electron chi connectivity index (χ3n) is 8.71. The molecule has 0 aliphatic heterocycles. The van der Waals surface area contributed by atoms with Crippen LogP contribution in [0.1, 0.15) is 55.7 Å². The Morgan fingerprint density at radius 3 is 2.09 bits per heavy atom. The number of benzene rings is 4. The molecule has 0 heterocycles. The largest absolute Gasteiger partial charge is 0.352 e. The first-order valence-electron chi connectivity index (χ1n) is 16.3. The Hall–Kier alpha value is -4.14. The molecule has 1 unspecified atom stereocenters. The van der Waals surface area contributed by atoms with E-state index in [0.717, 1.165) is 59.5 Å². The van der Waals surface area contributed by atoms with E-state index in [0.29, 0.717) is 10.7 Å². The number of aryl methyl sites for hydroxylation is 1. The number of hydrogen-bond donors (Lipinski definition) is 1. The second-order valence-corrected chi connectivity index (χ2v) is 14.3. The lowest BCUT2D eigenvalue weighted by atomic mass is 9.94. The molecule has 5 rings (SSSR count). The summed E-state index contributed by atoms with van der Waals surface area (Å²) in [7, 11) is -4.15. The van der Waals surface area contributed by atoms with E-state index in [1.807, 2.05) is 55.5 Å². The molecule has 4 aromatic rings. The van der Waals surface area contributed by atoms with Crippen molar-refractivity contribution in [2.45, 2.75) is 75.4 Å². The number of rotatable bonds is 13. The van der Waals surface area contributed by atoms with E-state index >= 15 is 0 Å². The van der Waals surface area contributed by atoms with E-state index in [-0.39, 0.29) is 29.8 Å². The number of carbonyl (C=O) groups is 2. The lowest BCUT2D eigenvalue weighted by molar-refractivity contribution is -0.140.